The van der Waals surface area contributed by atoms with Gasteiger partial charge in [0.05, 0.1) is 5.75 Å². The number of carbonyl (C=O) groups excluding carboxylic acids is 1. The summed E-state index contributed by atoms with van der Waals surface area (Å²) in [7, 11) is -3.47. The predicted molar refractivity (Wildman–Crippen MR) is 69.3 cm³/mol. The third kappa shape index (κ3) is 3.68. The number of nitrogens with two attached hydrogens (primary N) is 1. The lowest BCUT2D eigenvalue weighted by atomic mass is 10.1. The number of nitrogens with zero attached hydrogens (tertiary/aromatic N) is 1. The number of hydrogen-bond acceptors (Lipinski definition) is 3. The largest absolute Gasteiger partial charge is 0.339 e. The van der Waals surface area contributed by atoms with Crippen LogP contribution in [-0.2, 0) is 14.8 Å². The average molecular weight is 274 g/mol. The van der Waals surface area contributed by atoms with E-state index in [1.54, 1.807) is 0 Å². The summed E-state index contributed by atoms with van der Waals surface area (Å²) in [6.07, 6.45) is 7.31. The zero-order chi connectivity index (χ0) is 13.2. The highest BCUT2D eigenvalue weighted by Crippen LogP contribution is 2.28. The van der Waals surface area contributed by atoms with Crippen LogP contribution in [0.4, 0.5) is 0 Å². The molecule has 0 bridgehead atoms. The van der Waals surface area contributed by atoms with Crippen molar-refractivity contribution in [2.45, 2.75) is 51.0 Å². The van der Waals surface area contributed by atoms with Crippen LogP contribution in [0.2, 0.25) is 0 Å². The molecule has 6 heteroatoms. The molecule has 1 saturated heterocycles. The Balaban J connectivity index is 1.95. The maximum atomic E-state index is 12.0. The number of rotatable bonds is 3. The van der Waals surface area contributed by atoms with Crippen LogP contribution >= 0.6 is 0 Å². The van der Waals surface area contributed by atoms with Gasteiger partial charge in [-0.25, -0.2) is 13.6 Å². The lowest BCUT2D eigenvalue weighted by molar-refractivity contribution is -0.129. The molecule has 5 nitrogen and oxygen atoms in total. The van der Waals surface area contributed by atoms with Crippen LogP contribution < -0.4 is 5.14 Å². The zero-order valence-corrected chi connectivity index (χ0v) is 11.5. The fourth-order valence-corrected chi connectivity index (χ4v) is 4.05. The van der Waals surface area contributed by atoms with Crippen molar-refractivity contribution in [2.75, 3.05) is 12.3 Å². The van der Waals surface area contributed by atoms with E-state index in [9.17, 15) is 13.2 Å². The molecule has 0 spiro atoms. The normalized spacial score (nSPS) is 27.5. The molecule has 0 aromatic heterocycles. The van der Waals surface area contributed by atoms with Gasteiger partial charge in [-0.15, -0.1) is 0 Å². The van der Waals surface area contributed by atoms with E-state index in [1.165, 1.54) is 25.7 Å². The molecule has 0 aromatic rings. The second-order valence-corrected chi connectivity index (χ2v) is 7.25. The molecule has 1 unspecified atom stereocenters. The minimum absolute atomic E-state index is 0.0675. The van der Waals surface area contributed by atoms with Gasteiger partial charge in [0.1, 0.15) is 0 Å². The SMILES string of the molecule is NS(=O)(=O)CC1CC(=O)N(C2CCCCCC2)C1. The van der Waals surface area contributed by atoms with Crippen LogP contribution in [0.25, 0.3) is 0 Å². The average Bonchev–Trinajstić information content (AvgIpc) is 2.51. The minimum atomic E-state index is -3.47. The highest BCUT2D eigenvalue weighted by atomic mass is 32.2. The second-order valence-electron chi connectivity index (χ2n) is 5.59. The minimum Gasteiger partial charge on any atom is -0.339 e. The number of carbonyl (C=O) groups is 1. The topological polar surface area (TPSA) is 80.5 Å². The third-order valence-electron chi connectivity index (χ3n) is 3.97. The van der Waals surface area contributed by atoms with Gasteiger partial charge in [-0.3, -0.25) is 4.79 Å². The maximum absolute atomic E-state index is 12.0. The fraction of sp³-hybridized carbons (Fsp3) is 0.917. The monoisotopic (exact) mass is 274 g/mol. The van der Waals surface area contributed by atoms with Crippen molar-refractivity contribution in [1.29, 1.82) is 0 Å². The van der Waals surface area contributed by atoms with Crippen molar-refractivity contribution in [3.05, 3.63) is 0 Å². The molecule has 0 aromatic carbocycles. The quantitative estimate of drug-likeness (QED) is 0.775. The molecule has 2 fully saturated rings. The summed E-state index contributed by atoms with van der Waals surface area (Å²) in [6, 6.07) is 0.325. The van der Waals surface area contributed by atoms with Crippen LogP contribution in [0.5, 0.6) is 0 Å². The molecule has 1 aliphatic heterocycles. The molecule has 2 aliphatic rings. The standard InChI is InChI=1S/C12H22N2O3S/c13-18(16,17)9-10-7-12(15)14(8-10)11-5-3-1-2-4-6-11/h10-11H,1-9H2,(H2,13,16,17). The van der Waals surface area contributed by atoms with Crippen LogP contribution in [0.3, 0.4) is 0 Å². The first-order chi connectivity index (χ1) is 8.46. The zero-order valence-electron chi connectivity index (χ0n) is 10.7. The van der Waals surface area contributed by atoms with Gasteiger partial charge in [0.15, 0.2) is 0 Å². The second kappa shape index (κ2) is 5.57. The molecule has 1 atom stereocenters. The first kappa shape index (κ1) is 13.8. The first-order valence-corrected chi connectivity index (χ1v) is 8.47. The van der Waals surface area contributed by atoms with Crippen molar-refractivity contribution in [3.8, 4) is 0 Å². The lowest BCUT2D eigenvalue weighted by Gasteiger charge is -2.27. The van der Waals surface area contributed by atoms with Gasteiger partial charge in [0, 0.05) is 24.9 Å². The summed E-state index contributed by atoms with van der Waals surface area (Å²) in [4.78, 5) is 13.9. The Hall–Kier alpha value is -0.620. The molecule has 2 rings (SSSR count). The molecule has 1 heterocycles. The smallest absolute Gasteiger partial charge is 0.223 e. The van der Waals surface area contributed by atoms with E-state index in [0.717, 1.165) is 12.8 Å². The van der Waals surface area contributed by atoms with E-state index < -0.39 is 10.0 Å². The molecule has 1 aliphatic carbocycles. The number of hydrogen-bond donors (Lipinski definition) is 1. The van der Waals surface area contributed by atoms with E-state index in [0.29, 0.717) is 19.0 Å². The molecule has 18 heavy (non-hydrogen) atoms. The van der Waals surface area contributed by atoms with Gasteiger partial charge in [0.25, 0.3) is 0 Å². The number of sulfonamides is 1. The van der Waals surface area contributed by atoms with Crippen LogP contribution in [0.15, 0.2) is 0 Å². The highest BCUT2D eigenvalue weighted by molar-refractivity contribution is 7.89. The van der Waals surface area contributed by atoms with E-state index in [2.05, 4.69) is 0 Å². The van der Waals surface area contributed by atoms with E-state index in [-0.39, 0.29) is 17.6 Å². The fourth-order valence-electron chi connectivity index (χ4n) is 3.17. The van der Waals surface area contributed by atoms with Crippen LogP contribution in [0, 0.1) is 5.92 Å². The van der Waals surface area contributed by atoms with Crippen molar-refractivity contribution in [2.24, 2.45) is 11.1 Å². The van der Waals surface area contributed by atoms with Crippen molar-refractivity contribution >= 4 is 15.9 Å². The van der Waals surface area contributed by atoms with Gasteiger partial charge in [-0.1, -0.05) is 25.7 Å². The number of primary sulfonamides is 1. The molecule has 104 valence electrons. The molecular formula is C12H22N2O3S. The molecule has 2 N–H and O–H groups in total. The van der Waals surface area contributed by atoms with Crippen LogP contribution in [-0.4, -0.2) is 37.6 Å². The molecular weight excluding hydrogens is 252 g/mol. The van der Waals surface area contributed by atoms with Gasteiger partial charge < -0.3 is 4.90 Å². The van der Waals surface area contributed by atoms with Gasteiger partial charge in [-0.2, -0.15) is 0 Å². The first-order valence-electron chi connectivity index (χ1n) is 6.75. The van der Waals surface area contributed by atoms with Crippen molar-refractivity contribution < 1.29 is 13.2 Å². The Morgan fingerprint density at radius 1 is 1.17 bits per heavy atom. The molecule has 1 saturated carbocycles. The predicted octanol–water partition coefficient (Wildman–Crippen LogP) is 0.846. The van der Waals surface area contributed by atoms with Gasteiger partial charge in [-0.05, 0) is 12.8 Å². The number of likely N-dealkylation sites (tertiary alicyclic amines) is 1. The van der Waals surface area contributed by atoms with E-state index >= 15 is 0 Å². The Bertz CT molecular complexity index is 400. The number of amides is 1. The Kier molecular flexibility index (Phi) is 4.27. The van der Waals surface area contributed by atoms with Gasteiger partial charge >= 0.3 is 0 Å². The summed E-state index contributed by atoms with van der Waals surface area (Å²) in [5.41, 5.74) is 0. The molecule has 0 radical (unpaired) electrons. The summed E-state index contributed by atoms with van der Waals surface area (Å²) in [5, 5.41) is 5.05. The Morgan fingerprint density at radius 3 is 2.33 bits per heavy atom. The Morgan fingerprint density at radius 2 is 1.78 bits per heavy atom. The highest BCUT2D eigenvalue weighted by Gasteiger charge is 2.35. The lowest BCUT2D eigenvalue weighted by Crippen LogP contribution is -2.36. The summed E-state index contributed by atoms with van der Waals surface area (Å²) >= 11 is 0. The summed E-state index contributed by atoms with van der Waals surface area (Å²) < 4.78 is 22.2. The maximum Gasteiger partial charge on any atom is 0.223 e. The van der Waals surface area contributed by atoms with E-state index in [1.807, 2.05) is 4.90 Å². The van der Waals surface area contributed by atoms with Crippen LogP contribution in [0.1, 0.15) is 44.9 Å². The molecule has 1 amide bonds. The van der Waals surface area contributed by atoms with Crippen molar-refractivity contribution in [1.82, 2.24) is 4.90 Å². The summed E-state index contributed by atoms with van der Waals surface area (Å²) in [5.74, 6) is -0.0756. The third-order valence-corrected chi connectivity index (χ3v) is 4.91. The Labute approximate surface area is 109 Å². The van der Waals surface area contributed by atoms with Gasteiger partial charge in [0.2, 0.25) is 15.9 Å². The van der Waals surface area contributed by atoms with Crippen molar-refractivity contribution in [3.63, 3.8) is 0 Å². The van der Waals surface area contributed by atoms with E-state index in [4.69, 9.17) is 5.14 Å². The summed E-state index contributed by atoms with van der Waals surface area (Å²) in [6.45, 7) is 0.569.